The Bertz CT molecular complexity index is 934. The molecule has 6 nitrogen and oxygen atoms in total. The zero-order valence-electron chi connectivity index (χ0n) is 19.0. The number of nitrogens with zero attached hydrogens (tertiary/aromatic N) is 3. The first-order chi connectivity index (χ1) is 15.5. The number of hydrogen-bond donors (Lipinski definition) is 1. The third kappa shape index (κ3) is 5.82. The van der Waals surface area contributed by atoms with Crippen LogP contribution < -0.4 is 0 Å². The highest BCUT2D eigenvalue weighted by molar-refractivity contribution is 6.20. The average molecular weight is 436 g/mol. The van der Waals surface area contributed by atoms with Crippen molar-refractivity contribution >= 4 is 17.5 Å². The van der Waals surface area contributed by atoms with E-state index in [0.29, 0.717) is 17.8 Å². The number of unbranched alkanes of at least 4 members (excludes halogenated alkanes) is 2. The average Bonchev–Trinajstić information content (AvgIpc) is 3.12. The number of imide groups is 1. The van der Waals surface area contributed by atoms with Crippen LogP contribution in [-0.4, -0.2) is 52.2 Å². The minimum Gasteiger partial charge on any atom is -0.507 e. The zero-order chi connectivity index (χ0) is 22.9. The molecule has 170 valence electrons. The lowest BCUT2D eigenvalue weighted by atomic mass is 9.95. The van der Waals surface area contributed by atoms with E-state index in [9.17, 15) is 14.7 Å². The first-order valence-corrected chi connectivity index (χ1v) is 11.5. The molecule has 1 heterocycles. The smallest absolute Gasteiger partial charge is 0.260 e. The van der Waals surface area contributed by atoms with E-state index < -0.39 is 5.92 Å². The molecule has 0 saturated heterocycles. The van der Waals surface area contributed by atoms with Gasteiger partial charge in [0.25, 0.3) is 11.8 Å². The Morgan fingerprint density at radius 3 is 2.25 bits per heavy atom. The van der Waals surface area contributed by atoms with Crippen molar-refractivity contribution in [2.45, 2.75) is 46.0 Å². The molecule has 0 unspecified atom stereocenters. The molecular formula is C26H33N3O3. The molecule has 1 atom stereocenters. The maximum atomic E-state index is 13.4. The molecule has 0 fully saturated rings. The van der Waals surface area contributed by atoms with Crippen molar-refractivity contribution < 1.29 is 14.7 Å². The number of phenols is 1. The lowest BCUT2D eigenvalue weighted by Gasteiger charge is -2.25. The summed E-state index contributed by atoms with van der Waals surface area (Å²) in [5.41, 5.74) is 1.81. The molecule has 0 saturated carbocycles. The summed E-state index contributed by atoms with van der Waals surface area (Å²) in [5, 5.41) is 15.9. The van der Waals surface area contributed by atoms with Crippen molar-refractivity contribution in [3.05, 3.63) is 65.7 Å². The third-order valence-electron chi connectivity index (χ3n) is 5.76. The molecule has 0 spiro atoms. The van der Waals surface area contributed by atoms with Crippen LogP contribution in [-0.2, 0) is 16.0 Å². The van der Waals surface area contributed by atoms with Gasteiger partial charge in [0, 0.05) is 12.1 Å². The first-order valence-electron chi connectivity index (χ1n) is 11.5. The van der Waals surface area contributed by atoms with Crippen molar-refractivity contribution in [1.82, 2.24) is 9.91 Å². The molecule has 0 aliphatic carbocycles. The largest absolute Gasteiger partial charge is 0.507 e. The maximum absolute atomic E-state index is 13.4. The van der Waals surface area contributed by atoms with Crippen LogP contribution >= 0.6 is 0 Å². The van der Waals surface area contributed by atoms with Crippen LogP contribution in [0.15, 0.2) is 59.7 Å². The summed E-state index contributed by atoms with van der Waals surface area (Å²) in [4.78, 5) is 28.7. The predicted molar refractivity (Wildman–Crippen MR) is 126 cm³/mol. The molecule has 2 aromatic rings. The minimum atomic E-state index is -0.586. The molecule has 3 rings (SSSR count). The fourth-order valence-electron chi connectivity index (χ4n) is 3.93. The second-order valence-corrected chi connectivity index (χ2v) is 8.27. The zero-order valence-corrected chi connectivity index (χ0v) is 19.0. The summed E-state index contributed by atoms with van der Waals surface area (Å²) in [7, 11) is 0. The van der Waals surface area contributed by atoms with Crippen molar-refractivity contribution in [3.8, 4) is 5.75 Å². The molecule has 2 amide bonds. The first kappa shape index (κ1) is 23.7. The standard InChI is InChI=1S/C26H33N3O3/c1-3-5-16-28(17-6-4-2)19-22-25(21-14-10-11-15-23(21)30)27-29(26(22)32)24(31)18-20-12-8-7-9-13-20/h7-15,22,30H,3-6,16-19H2,1-2H3/t22-/m1/s1. The second kappa shape index (κ2) is 11.6. The summed E-state index contributed by atoms with van der Waals surface area (Å²) >= 11 is 0. The molecule has 1 aliphatic heterocycles. The predicted octanol–water partition coefficient (Wildman–Crippen LogP) is 4.23. The van der Waals surface area contributed by atoms with E-state index in [-0.39, 0.29) is 24.0 Å². The van der Waals surface area contributed by atoms with Crippen LogP contribution in [0.25, 0.3) is 0 Å². The number of carbonyl (C=O) groups is 2. The van der Waals surface area contributed by atoms with Crippen LogP contribution in [0, 0.1) is 5.92 Å². The fourth-order valence-corrected chi connectivity index (χ4v) is 3.93. The normalized spacial score (nSPS) is 16.0. The Labute approximate surface area is 190 Å². The lowest BCUT2D eigenvalue weighted by molar-refractivity contribution is -0.144. The Hall–Kier alpha value is -2.99. The summed E-state index contributed by atoms with van der Waals surface area (Å²) in [6.45, 7) is 6.58. The van der Waals surface area contributed by atoms with Gasteiger partial charge in [0.1, 0.15) is 5.75 Å². The molecule has 0 bridgehead atoms. The number of hydrazone groups is 1. The number of amides is 2. The number of aromatic hydroxyl groups is 1. The van der Waals surface area contributed by atoms with Crippen LogP contribution in [0.4, 0.5) is 0 Å². The number of hydrogen-bond acceptors (Lipinski definition) is 5. The second-order valence-electron chi connectivity index (χ2n) is 8.27. The topological polar surface area (TPSA) is 73.2 Å². The molecule has 0 radical (unpaired) electrons. The van der Waals surface area contributed by atoms with Gasteiger partial charge >= 0.3 is 0 Å². The molecule has 32 heavy (non-hydrogen) atoms. The van der Waals surface area contributed by atoms with E-state index in [2.05, 4.69) is 23.8 Å². The maximum Gasteiger partial charge on any atom is 0.260 e. The van der Waals surface area contributed by atoms with Gasteiger partial charge in [-0.3, -0.25) is 9.59 Å². The molecule has 0 aromatic heterocycles. The van der Waals surface area contributed by atoms with Gasteiger partial charge in [0.2, 0.25) is 0 Å². The highest BCUT2D eigenvalue weighted by Gasteiger charge is 2.41. The number of rotatable bonds is 11. The van der Waals surface area contributed by atoms with E-state index in [1.165, 1.54) is 0 Å². The molecule has 1 aliphatic rings. The number of benzene rings is 2. The number of carbonyl (C=O) groups excluding carboxylic acids is 2. The summed E-state index contributed by atoms with van der Waals surface area (Å²) < 4.78 is 0. The molecular weight excluding hydrogens is 402 g/mol. The van der Waals surface area contributed by atoms with Crippen molar-refractivity contribution in [2.75, 3.05) is 19.6 Å². The molecule has 1 N–H and O–H groups in total. The monoisotopic (exact) mass is 435 g/mol. The van der Waals surface area contributed by atoms with Crippen LogP contribution in [0.3, 0.4) is 0 Å². The Morgan fingerprint density at radius 2 is 1.62 bits per heavy atom. The van der Waals surface area contributed by atoms with E-state index in [1.807, 2.05) is 30.3 Å². The Morgan fingerprint density at radius 1 is 1.00 bits per heavy atom. The van der Waals surface area contributed by atoms with Gasteiger partial charge in [-0.15, -0.1) is 0 Å². The number of para-hydroxylation sites is 1. The summed E-state index contributed by atoms with van der Waals surface area (Å²) in [6, 6.07) is 16.2. The van der Waals surface area contributed by atoms with Gasteiger partial charge in [-0.05, 0) is 43.6 Å². The van der Waals surface area contributed by atoms with Gasteiger partial charge in [-0.2, -0.15) is 10.1 Å². The minimum absolute atomic E-state index is 0.0649. The van der Waals surface area contributed by atoms with Gasteiger partial charge in [0.05, 0.1) is 18.1 Å². The fraction of sp³-hybridized carbons (Fsp3) is 0.423. The van der Waals surface area contributed by atoms with E-state index >= 15 is 0 Å². The van der Waals surface area contributed by atoms with Gasteiger partial charge in [-0.25, -0.2) is 0 Å². The van der Waals surface area contributed by atoms with Gasteiger partial charge in [-0.1, -0.05) is 69.2 Å². The SMILES string of the molecule is CCCCN(CCCC)C[C@H]1C(=O)N(C(=O)Cc2ccccc2)N=C1c1ccccc1O. The van der Waals surface area contributed by atoms with Gasteiger partial charge < -0.3 is 10.0 Å². The van der Waals surface area contributed by atoms with E-state index in [1.54, 1.807) is 24.3 Å². The van der Waals surface area contributed by atoms with Crippen molar-refractivity contribution in [3.63, 3.8) is 0 Å². The molecule has 6 heteroatoms. The van der Waals surface area contributed by atoms with Crippen LogP contribution in [0.1, 0.15) is 50.7 Å². The highest BCUT2D eigenvalue weighted by Crippen LogP contribution is 2.28. The van der Waals surface area contributed by atoms with Gasteiger partial charge in [0.15, 0.2) is 0 Å². The molecule has 2 aromatic carbocycles. The lowest BCUT2D eigenvalue weighted by Crippen LogP contribution is -2.40. The third-order valence-corrected chi connectivity index (χ3v) is 5.76. The van der Waals surface area contributed by atoms with E-state index in [0.717, 1.165) is 49.3 Å². The van der Waals surface area contributed by atoms with Crippen LogP contribution in [0.5, 0.6) is 5.75 Å². The van der Waals surface area contributed by atoms with Crippen molar-refractivity contribution in [2.24, 2.45) is 11.0 Å². The van der Waals surface area contributed by atoms with Crippen molar-refractivity contribution in [1.29, 1.82) is 0 Å². The summed E-state index contributed by atoms with van der Waals surface area (Å²) in [6.07, 6.45) is 4.34. The highest BCUT2D eigenvalue weighted by atomic mass is 16.3. The summed E-state index contributed by atoms with van der Waals surface area (Å²) in [5.74, 6) is -1.20. The quantitative estimate of drug-likeness (QED) is 0.573. The van der Waals surface area contributed by atoms with E-state index in [4.69, 9.17) is 0 Å². The Balaban J connectivity index is 1.88. The number of phenolic OH excluding ortho intramolecular Hbond substituents is 1. The Kier molecular flexibility index (Phi) is 8.56. The van der Waals surface area contributed by atoms with Crippen LogP contribution in [0.2, 0.25) is 0 Å².